The summed E-state index contributed by atoms with van der Waals surface area (Å²) in [6, 6.07) is 5.38. The van der Waals surface area contributed by atoms with Crippen LogP contribution in [0.15, 0.2) is 30.3 Å². The van der Waals surface area contributed by atoms with Gasteiger partial charge in [-0.1, -0.05) is 11.6 Å². The van der Waals surface area contributed by atoms with Crippen LogP contribution in [0.5, 0.6) is 0 Å². The SMILES string of the molecule is O=C(O)c1ccc([N+](=O)[O-])c(Nc2cc(F)ccc2Cl)n1. The second kappa shape index (κ2) is 5.71. The molecule has 0 bridgehead atoms. The maximum atomic E-state index is 13.2. The molecule has 0 saturated carbocycles. The first-order valence-corrected chi connectivity index (χ1v) is 5.87. The molecule has 0 atom stereocenters. The molecule has 0 saturated heterocycles. The topological polar surface area (TPSA) is 105 Å². The highest BCUT2D eigenvalue weighted by Gasteiger charge is 2.19. The number of halogens is 2. The van der Waals surface area contributed by atoms with Crippen molar-refractivity contribution in [2.45, 2.75) is 0 Å². The van der Waals surface area contributed by atoms with Gasteiger partial charge >= 0.3 is 11.7 Å². The Bertz CT molecular complexity index is 738. The number of anilines is 2. The number of hydrogen-bond donors (Lipinski definition) is 2. The van der Waals surface area contributed by atoms with Crippen LogP contribution in [-0.2, 0) is 0 Å². The maximum absolute atomic E-state index is 13.2. The molecule has 2 aromatic rings. The monoisotopic (exact) mass is 311 g/mol. The molecule has 2 N–H and O–H groups in total. The van der Waals surface area contributed by atoms with Gasteiger partial charge in [0.05, 0.1) is 15.6 Å². The smallest absolute Gasteiger partial charge is 0.354 e. The van der Waals surface area contributed by atoms with E-state index in [2.05, 4.69) is 10.3 Å². The summed E-state index contributed by atoms with van der Waals surface area (Å²) in [5, 5.41) is 22.3. The number of carbonyl (C=O) groups is 1. The average Bonchev–Trinajstić information content (AvgIpc) is 2.42. The number of hydrogen-bond acceptors (Lipinski definition) is 5. The standard InChI is InChI=1S/C12H7ClFN3O4/c13-7-2-1-6(14)5-9(7)16-11-10(17(20)21)4-3-8(15-11)12(18)19/h1-5H,(H,15,16)(H,18,19). The first kappa shape index (κ1) is 14.7. The number of aromatic carboxylic acids is 1. The molecule has 0 spiro atoms. The first-order valence-electron chi connectivity index (χ1n) is 5.49. The fraction of sp³-hybridized carbons (Fsp3) is 0. The van der Waals surface area contributed by atoms with Gasteiger partial charge in [0.1, 0.15) is 5.82 Å². The van der Waals surface area contributed by atoms with Crippen molar-refractivity contribution in [2.24, 2.45) is 0 Å². The molecule has 0 aliphatic rings. The molecule has 108 valence electrons. The van der Waals surface area contributed by atoms with Gasteiger partial charge in [-0.3, -0.25) is 10.1 Å². The van der Waals surface area contributed by atoms with Gasteiger partial charge in [-0.05, 0) is 24.3 Å². The van der Waals surface area contributed by atoms with E-state index in [-0.39, 0.29) is 16.5 Å². The molecular weight excluding hydrogens is 305 g/mol. The zero-order valence-electron chi connectivity index (χ0n) is 10.2. The molecule has 21 heavy (non-hydrogen) atoms. The summed E-state index contributed by atoms with van der Waals surface area (Å²) in [7, 11) is 0. The lowest BCUT2D eigenvalue weighted by atomic mass is 10.2. The van der Waals surface area contributed by atoms with E-state index in [1.54, 1.807) is 0 Å². The highest BCUT2D eigenvalue weighted by molar-refractivity contribution is 6.33. The van der Waals surface area contributed by atoms with Crippen molar-refractivity contribution in [3.8, 4) is 0 Å². The van der Waals surface area contributed by atoms with Gasteiger partial charge in [-0.15, -0.1) is 0 Å². The summed E-state index contributed by atoms with van der Waals surface area (Å²) < 4.78 is 13.2. The van der Waals surface area contributed by atoms with Crippen molar-refractivity contribution < 1.29 is 19.2 Å². The molecule has 0 amide bonds. The van der Waals surface area contributed by atoms with Crippen molar-refractivity contribution in [1.29, 1.82) is 0 Å². The van der Waals surface area contributed by atoms with E-state index in [4.69, 9.17) is 16.7 Å². The Morgan fingerprint density at radius 2 is 2.10 bits per heavy atom. The Kier molecular flexibility index (Phi) is 3.99. The van der Waals surface area contributed by atoms with Crippen LogP contribution >= 0.6 is 11.6 Å². The molecule has 1 aromatic carbocycles. The molecule has 1 aromatic heterocycles. The summed E-state index contributed by atoms with van der Waals surface area (Å²) in [6.07, 6.45) is 0. The minimum Gasteiger partial charge on any atom is -0.477 e. The van der Waals surface area contributed by atoms with Crippen LogP contribution < -0.4 is 5.32 Å². The van der Waals surface area contributed by atoms with Crippen LogP contribution in [-0.4, -0.2) is 21.0 Å². The number of aromatic nitrogens is 1. The molecule has 0 aliphatic heterocycles. The van der Waals surface area contributed by atoms with E-state index < -0.39 is 28.1 Å². The molecule has 0 aliphatic carbocycles. The number of nitro groups is 1. The van der Waals surface area contributed by atoms with Crippen molar-refractivity contribution in [3.63, 3.8) is 0 Å². The predicted molar refractivity (Wildman–Crippen MR) is 72.5 cm³/mol. The molecule has 0 fully saturated rings. The number of nitrogens with zero attached hydrogens (tertiary/aromatic N) is 2. The van der Waals surface area contributed by atoms with Crippen molar-refractivity contribution >= 4 is 34.8 Å². The van der Waals surface area contributed by atoms with Gasteiger partial charge < -0.3 is 10.4 Å². The predicted octanol–water partition coefficient (Wildman–Crippen LogP) is 3.22. The minimum absolute atomic E-state index is 0.0369. The quantitative estimate of drug-likeness (QED) is 0.663. The van der Waals surface area contributed by atoms with E-state index in [0.717, 1.165) is 24.3 Å². The minimum atomic E-state index is -1.35. The van der Waals surface area contributed by atoms with E-state index in [0.29, 0.717) is 0 Å². The summed E-state index contributed by atoms with van der Waals surface area (Å²) >= 11 is 5.84. The van der Waals surface area contributed by atoms with Gasteiger partial charge in [-0.2, -0.15) is 0 Å². The zero-order chi connectivity index (χ0) is 15.6. The molecule has 0 unspecified atom stereocenters. The second-order valence-electron chi connectivity index (χ2n) is 3.88. The summed E-state index contributed by atoms with van der Waals surface area (Å²) in [5.41, 5.74) is -0.814. The second-order valence-corrected chi connectivity index (χ2v) is 4.28. The number of pyridine rings is 1. The van der Waals surface area contributed by atoms with Crippen molar-refractivity contribution in [2.75, 3.05) is 5.32 Å². The van der Waals surface area contributed by atoms with E-state index >= 15 is 0 Å². The van der Waals surface area contributed by atoms with Crippen molar-refractivity contribution in [1.82, 2.24) is 4.98 Å². The lowest BCUT2D eigenvalue weighted by Gasteiger charge is -2.08. The maximum Gasteiger partial charge on any atom is 0.354 e. The lowest BCUT2D eigenvalue weighted by Crippen LogP contribution is -2.06. The number of rotatable bonds is 4. The summed E-state index contributed by atoms with van der Waals surface area (Å²) in [4.78, 5) is 24.7. The van der Waals surface area contributed by atoms with E-state index in [9.17, 15) is 19.3 Å². The highest BCUT2D eigenvalue weighted by Crippen LogP contribution is 2.30. The Balaban J connectivity index is 2.50. The van der Waals surface area contributed by atoms with Crippen molar-refractivity contribution in [3.05, 3.63) is 57.0 Å². The van der Waals surface area contributed by atoms with Crippen LogP contribution in [0.4, 0.5) is 21.6 Å². The summed E-state index contributed by atoms with van der Waals surface area (Å²) in [6.45, 7) is 0. The van der Waals surface area contributed by atoms with Crippen LogP contribution in [0.2, 0.25) is 5.02 Å². The van der Waals surface area contributed by atoms with Crippen LogP contribution in [0.1, 0.15) is 10.5 Å². The fourth-order valence-electron chi connectivity index (χ4n) is 1.53. The number of carboxylic acids is 1. The molecule has 0 radical (unpaired) electrons. The Morgan fingerprint density at radius 1 is 1.38 bits per heavy atom. The van der Waals surface area contributed by atoms with E-state index in [1.807, 2.05) is 0 Å². The average molecular weight is 312 g/mol. The first-order chi connectivity index (χ1) is 9.88. The summed E-state index contributed by atoms with van der Waals surface area (Å²) in [5.74, 6) is -2.30. The normalized spacial score (nSPS) is 10.2. The molecule has 9 heteroatoms. The zero-order valence-corrected chi connectivity index (χ0v) is 11.0. The third-order valence-corrected chi connectivity index (χ3v) is 2.80. The fourth-order valence-corrected chi connectivity index (χ4v) is 1.70. The molecule has 1 heterocycles. The van der Waals surface area contributed by atoms with Gasteiger partial charge in [-0.25, -0.2) is 14.2 Å². The van der Waals surface area contributed by atoms with Crippen LogP contribution in [0.25, 0.3) is 0 Å². The van der Waals surface area contributed by atoms with Gasteiger partial charge in [0.25, 0.3) is 0 Å². The Hall–Kier alpha value is -2.74. The molecular formula is C12H7ClFN3O4. The largest absolute Gasteiger partial charge is 0.477 e. The van der Waals surface area contributed by atoms with E-state index in [1.165, 1.54) is 6.07 Å². The lowest BCUT2D eigenvalue weighted by molar-refractivity contribution is -0.384. The van der Waals surface area contributed by atoms with Gasteiger partial charge in [0.2, 0.25) is 5.82 Å². The third kappa shape index (κ3) is 3.23. The van der Waals surface area contributed by atoms with Crippen LogP contribution in [0.3, 0.4) is 0 Å². The number of nitrogens with one attached hydrogen (secondary N) is 1. The number of carboxylic acid groups (broad SMARTS) is 1. The number of benzene rings is 1. The molecule has 7 nitrogen and oxygen atoms in total. The van der Waals surface area contributed by atoms with Gasteiger partial charge in [0.15, 0.2) is 5.69 Å². The van der Waals surface area contributed by atoms with Gasteiger partial charge in [0, 0.05) is 6.07 Å². The Morgan fingerprint density at radius 3 is 2.71 bits per heavy atom. The Labute approximate surface area is 122 Å². The third-order valence-electron chi connectivity index (χ3n) is 2.47. The van der Waals surface area contributed by atoms with Crippen LogP contribution in [0, 0.1) is 15.9 Å². The highest BCUT2D eigenvalue weighted by atomic mass is 35.5. The molecule has 2 rings (SSSR count).